The zero-order valence-corrected chi connectivity index (χ0v) is 18.2. The van der Waals surface area contributed by atoms with Crippen molar-refractivity contribution < 1.29 is 0 Å². The molecule has 0 amide bonds. The summed E-state index contributed by atoms with van der Waals surface area (Å²) >= 11 is 4.63. The first kappa shape index (κ1) is 20.9. The second kappa shape index (κ2) is 10.7. The van der Waals surface area contributed by atoms with E-state index in [9.17, 15) is 0 Å². The second-order valence-corrected chi connectivity index (χ2v) is 9.24. The average molecular weight is 391 g/mol. The molecule has 0 N–H and O–H groups in total. The molecule has 2 bridgehead atoms. The van der Waals surface area contributed by atoms with E-state index in [0.29, 0.717) is 17.5 Å². The van der Waals surface area contributed by atoms with Crippen LogP contribution in [0.15, 0.2) is 12.4 Å². The van der Waals surface area contributed by atoms with Crippen molar-refractivity contribution in [2.24, 2.45) is 0 Å². The van der Waals surface area contributed by atoms with Gasteiger partial charge in [0.25, 0.3) is 0 Å². The molecule has 3 heterocycles. The molecule has 3 atom stereocenters. The molecule has 0 aromatic carbocycles. The number of aromatic nitrogens is 2. The summed E-state index contributed by atoms with van der Waals surface area (Å²) in [7, 11) is 0. The van der Waals surface area contributed by atoms with Gasteiger partial charge in [-0.25, -0.2) is 9.97 Å². The highest BCUT2D eigenvalue weighted by atomic mass is 32.1. The fourth-order valence-electron chi connectivity index (χ4n) is 4.64. The molecular weight excluding hydrogens is 352 g/mol. The lowest BCUT2D eigenvalue weighted by Gasteiger charge is -2.42. The van der Waals surface area contributed by atoms with Crippen LogP contribution in [0.1, 0.15) is 83.6 Å². The smallest absolute Gasteiger partial charge is 0.225 e. The van der Waals surface area contributed by atoms with E-state index < -0.39 is 0 Å². The third kappa shape index (κ3) is 5.83. The summed E-state index contributed by atoms with van der Waals surface area (Å²) in [6.45, 7) is 6.63. The monoisotopic (exact) mass is 390 g/mol. The van der Waals surface area contributed by atoms with Crippen molar-refractivity contribution in [3.8, 4) is 0 Å². The van der Waals surface area contributed by atoms with Crippen molar-refractivity contribution in [2.75, 3.05) is 18.0 Å². The molecule has 2 fully saturated rings. The van der Waals surface area contributed by atoms with Gasteiger partial charge in [-0.1, -0.05) is 51.9 Å². The lowest BCUT2D eigenvalue weighted by molar-refractivity contribution is 0.213. The maximum Gasteiger partial charge on any atom is 0.225 e. The Morgan fingerprint density at radius 2 is 1.52 bits per heavy atom. The number of unbranched alkanes of at least 4 members (excludes halogenated alkanes) is 7. The predicted molar refractivity (Wildman–Crippen MR) is 118 cm³/mol. The van der Waals surface area contributed by atoms with E-state index in [1.807, 2.05) is 0 Å². The topological polar surface area (TPSA) is 32.3 Å². The summed E-state index contributed by atoms with van der Waals surface area (Å²) in [5.41, 5.74) is 1.29. The third-order valence-corrected chi connectivity index (χ3v) is 6.61. The van der Waals surface area contributed by atoms with E-state index in [4.69, 9.17) is 9.97 Å². The lowest BCUT2D eigenvalue weighted by Crippen LogP contribution is -2.55. The molecule has 2 aliphatic heterocycles. The average Bonchev–Trinajstić information content (AvgIpc) is 2.93. The summed E-state index contributed by atoms with van der Waals surface area (Å²) < 4.78 is 0. The van der Waals surface area contributed by atoms with E-state index in [2.05, 4.69) is 48.7 Å². The van der Waals surface area contributed by atoms with Crippen molar-refractivity contribution in [1.82, 2.24) is 14.9 Å². The van der Waals surface area contributed by atoms with Crippen LogP contribution in [0, 0.1) is 0 Å². The Labute approximate surface area is 171 Å². The molecular formula is C22H38N4S. The maximum absolute atomic E-state index is 4.74. The largest absolute Gasteiger partial charge is 0.332 e. The first-order valence-corrected chi connectivity index (χ1v) is 11.7. The number of rotatable bonds is 11. The van der Waals surface area contributed by atoms with Gasteiger partial charge in [-0.2, -0.15) is 12.6 Å². The van der Waals surface area contributed by atoms with Crippen molar-refractivity contribution in [3.05, 3.63) is 18.0 Å². The number of hydrogen-bond acceptors (Lipinski definition) is 5. The van der Waals surface area contributed by atoms with Crippen LogP contribution >= 0.6 is 12.6 Å². The molecule has 27 heavy (non-hydrogen) atoms. The van der Waals surface area contributed by atoms with Crippen molar-refractivity contribution >= 4 is 18.6 Å². The fourth-order valence-corrected chi connectivity index (χ4v) is 4.83. The Balaban J connectivity index is 1.41. The summed E-state index contributed by atoms with van der Waals surface area (Å²) in [6.07, 6.45) is 18.7. The molecule has 4 nitrogen and oxygen atoms in total. The van der Waals surface area contributed by atoms with Crippen LogP contribution in [-0.4, -0.2) is 45.4 Å². The highest BCUT2D eigenvalue weighted by Gasteiger charge is 2.41. The molecule has 152 valence electrons. The molecule has 1 aromatic rings. The number of thiol groups is 1. The van der Waals surface area contributed by atoms with Crippen LogP contribution in [0.4, 0.5) is 5.95 Å². The number of nitrogens with zero attached hydrogens (tertiary/aromatic N) is 4. The SMILES string of the molecule is CCCCCCCCCCc1cnc(N2C3CCC2CN(C(C)S)C3)nc1. The molecule has 1 aromatic heterocycles. The van der Waals surface area contributed by atoms with Crippen molar-refractivity contribution in [1.29, 1.82) is 0 Å². The number of fused-ring (bicyclic) bond motifs is 2. The predicted octanol–water partition coefficient (Wildman–Crippen LogP) is 5.09. The molecule has 2 saturated heterocycles. The van der Waals surface area contributed by atoms with Gasteiger partial charge >= 0.3 is 0 Å². The van der Waals surface area contributed by atoms with E-state index in [-0.39, 0.29) is 0 Å². The Morgan fingerprint density at radius 3 is 2.07 bits per heavy atom. The van der Waals surface area contributed by atoms with Gasteiger partial charge < -0.3 is 4.90 Å². The Kier molecular flexibility index (Phi) is 8.25. The van der Waals surface area contributed by atoms with Gasteiger partial charge in [-0.3, -0.25) is 4.90 Å². The Hall–Kier alpha value is -0.810. The van der Waals surface area contributed by atoms with Crippen LogP contribution < -0.4 is 4.90 Å². The zero-order chi connectivity index (χ0) is 19.1. The standard InChI is InChI=1S/C22H38N4S/c1-3-4-5-6-7-8-9-10-11-19-14-23-22(24-15-19)26-20-12-13-21(26)17-25(16-20)18(2)27/h14-15,18,20-21,27H,3-13,16-17H2,1-2H3. The first-order chi connectivity index (χ1) is 13.2. The minimum atomic E-state index is 0.338. The molecule has 3 unspecified atom stereocenters. The number of hydrogen-bond donors (Lipinski definition) is 1. The van der Waals surface area contributed by atoms with E-state index in [0.717, 1.165) is 25.5 Å². The van der Waals surface area contributed by atoms with Gasteiger partial charge in [0.15, 0.2) is 0 Å². The second-order valence-electron chi connectivity index (χ2n) is 8.49. The van der Waals surface area contributed by atoms with Gasteiger partial charge in [0, 0.05) is 37.6 Å². The van der Waals surface area contributed by atoms with Crippen molar-refractivity contribution in [2.45, 2.75) is 102 Å². The van der Waals surface area contributed by atoms with Crippen LogP contribution in [0.25, 0.3) is 0 Å². The highest BCUT2D eigenvalue weighted by molar-refractivity contribution is 7.80. The quantitative estimate of drug-likeness (QED) is 0.421. The van der Waals surface area contributed by atoms with Gasteiger partial charge in [-0.05, 0) is 38.2 Å². The number of aryl methyl sites for hydroxylation is 1. The summed E-state index contributed by atoms with van der Waals surface area (Å²) in [4.78, 5) is 14.4. The maximum atomic E-state index is 4.74. The summed E-state index contributed by atoms with van der Waals surface area (Å²) in [5, 5.41) is 0.338. The lowest BCUT2D eigenvalue weighted by atomic mass is 10.1. The number of piperazine rings is 1. The summed E-state index contributed by atoms with van der Waals surface area (Å²) in [6, 6.07) is 1.11. The third-order valence-electron chi connectivity index (χ3n) is 6.28. The molecule has 0 radical (unpaired) electrons. The van der Waals surface area contributed by atoms with Crippen LogP contribution in [-0.2, 0) is 6.42 Å². The minimum absolute atomic E-state index is 0.338. The molecule has 3 rings (SSSR count). The first-order valence-electron chi connectivity index (χ1n) is 11.2. The van der Waals surface area contributed by atoms with E-state index in [1.54, 1.807) is 0 Å². The Morgan fingerprint density at radius 1 is 0.963 bits per heavy atom. The van der Waals surface area contributed by atoms with Gasteiger partial charge in [0.05, 0.1) is 5.37 Å². The zero-order valence-electron chi connectivity index (χ0n) is 17.3. The molecule has 0 saturated carbocycles. The molecule has 0 spiro atoms. The fraction of sp³-hybridized carbons (Fsp3) is 0.818. The molecule has 2 aliphatic rings. The molecule has 5 heteroatoms. The van der Waals surface area contributed by atoms with Crippen LogP contribution in [0.3, 0.4) is 0 Å². The summed E-state index contributed by atoms with van der Waals surface area (Å²) in [5.74, 6) is 0.939. The normalized spacial score (nSPS) is 23.7. The van der Waals surface area contributed by atoms with E-state index in [1.165, 1.54) is 69.8 Å². The Bertz CT molecular complexity index is 534. The molecule has 0 aliphatic carbocycles. The van der Waals surface area contributed by atoms with E-state index >= 15 is 0 Å². The number of anilines is 1. The minimum Gasteiger partial charge on any atom is -0.332 e. The van der Waals surface area contributed by atoms with Gasteiger partial charge in [-0.15, -0.1) is 0 Å². The van der Waals surface area contributed by atoms with Gasteiger partial charge in [0.1, 0.15) is 0 Å². The van der Waals surface area contributed by atoms with Gasteiger partial charge in [0.2, 0.25) is 5.95 Å². The van der Waals surface area contributed by atoms with Crippen LogP contribution in [0.5, 0.6) is 0 Å². The van der Waals surface area contributed by atoms with Crippen molar-refractivity contribution in [3.63, 3.8) is 0 Å². The van der Waals surface area contributed by atoms with Crippen LogP contribution in [0.2, 0.25) is 0 Å². The number of likely N-dealkylation sites (tertiary alicyclic amines) is 1. The highest BCUT2D eigenvalue weighted by Crippen LogP contribution is 2.33.